The van der Waals surface area contributed by atoms with Crippen LogP contribution in [0.15, 0.2) is 188 Å². The molecule has 1 radical (unpaired) electrons. The third kappa shape index (κ3) is 13.7. The molecule has 54 heavy (non-hydrogen) atoms. The van der Waals surface area contributed by atoms with Gasteiger partial charge in [0.25, 0.3) is 0 Å². The van der Waals surface area contributed by atoms with E-state index in [-0.39, 0.29) is 53.6 Å². The summed E-state index contributed by atoms with van der Waals surface area (Å²) in [6, 6.07) is 58.4. The minimum Gasteiger partial charge on any atom is -1.00 e. The summed E-state index contributed by atoms with van der Waals surface area (Å²) in [5.41, 5.74) is 4.11. The number of allylic oxidation sites excluding steroid dienone is 1. The van der Waals surface area contributed by atoms with Crippen LogP contribution in [0.4, 0.5) is 13.2 Å². The Morgan fingerprint density at radius 2 is 0.963 bits per heavy atom. The van der Waals surface area contributed by atoms with Gasteiger partial charge >= 0.3 is 28.6 Å². The van der Waals surface area contributed by atoms with Crippen molar-refractivity contribution in [3.8, 4) is 0 Å². The van der Waals surface area contributed by atoms with Gasteiger partial charge in [-0.2, -0.15) is 13.2 Å². The zero-order chi connectivity index (χ0) is 36.6. The molecule has 0 aliphatic carbocycles. The number of hydrogen-bond donors (Lipinski definition) is 0. The Balaban J connectivity index is 0.000000298. The molecule has 0 saturated heterocycles. The van der Waals surface area contributed by atoms with E-state index in [0.29, 0.717) is 11.7 Å². The van der Waals surface area contributed by atoms with E-state index in [0.717, 1.165) is 22.9 Å². The van der Waals surface area contributed by atoms with E-state index in [2.05, 4.69) is 95.7 Å². The molecule has 0 bridgehead atoms. The van der Waals surface area contributed by atoms with Gasteiger partial charge in [0.1, 0.15) is 5.57 Å². The normalized spacial score (nSPS) is 10.6. The largest absolute Gasteiger partial charge is 2.00 e. The zero-order valence-corrected chi connectivity index (χ0v) is 34.0. The van der Waals surface area contributed by atoms with E-state index in [9.17, 15) is 18.3 Å². The summed E-state index contributed by atoms with van der Waals surface area (Å²) in [6.45, 7) is 1.51. The van der Waals surface area contributed by atoms with Crippen molar-refractivity contribution in [2.24, 2.45) is 0 Å². The summed E-state index contributed by atoms with van der Waals surface area (Å²) in [6.07, 6.45) is -2.06. The summed E-state index contributed by atoms with van der Waals surface area (Å²) in [4.78, 5) is 0. The van der Waals surface area contributed by atoms with Crippen molar-refractivity contribution in [1.82, 2.24) is 0 Å². The second-order valence-corrected chi connectivity index (χ2v) is 16.2. The van der Waals surface area contributed by atoms with Crippen molar-refractivity contribution in [3.63, 3.8) is 0 Å². The molecule has 2 nitrogen and oxygen atoms in total. The molecule has 9 heteroatoms. The number of hydrogen-bond acceptors (Lipinski definition) is 1. The molecule has 0 atom stereocenters. The molecular formula is C45H40BrF3NiO2P2+. The van der Waals surface area contributed by atoms with Gasteiger partial charge < -0.3 is 21.7 Å². The van der Waals surface area contributed by atoms with Crippen LogP contribution in [0.5, 0.6) is 0 Å². The molecule has 6 aromatic rings. The zero-order valence-electron chi connectivity index (χ0n) is 29.6. The maximum absolute atomic E-state index is 13.9. The van der Waals surface area contributed by atoms with Crippen LogP contribution in [0.2, 0.25) is 0 Å². The van der Waals surface area contributed by atoms with Gasteiger partial charge in [-0.25, -0.2) is 5.11 Å². The van der Waals surface area contributed by atoms with E-state index in [1.165, 1.54) is 35.5 Å². The summed E-state index contributed by atoms with van der Waals surface area (Å²) < 4.78 is 46.3. The quantitative estimate of drug-likeness (QED) is 0.0527. The van der Waals surface area contributed by atoms with Crippen LogP contribution in [0.1, 0.15) is 29.2 Å². The number of rotatable bonds is 12. The number of ether oxygens (including phenoxy) is 1. The Labute approximate surface area is 340 Å². The predicted molar refractivity (Wildman–Crippen MR) is 211 cm³/mol. The molecule has 0 aromatic heterocycles. The van der Waals surface area contributed by atoms with Crippen molar-refractivity contribution in [2.45, 2.75) is 31.6 Å². The Morgan fingerprint density at radius 3 is 1.39 bits per heavy atom. The first-order valence-electron chi connectivity index (χ1n) is 17.0. The summed E-state index contributed by atoms with van der Waals surface area (Å²) >= 11 is 0. The Hall–Kier alpha value is -3.94. The van der Waals surface area contributed by atoms with E-state index >= 15 is 0 Å². The van der Waals surface area contributed by atoms with Crippen LogP contribution in [-0.4, -0.2) is 12.8 Å². The van der Waals surface area contributed by atoms with Gasteiger partial charge in [-0.15, -0.1) is 0 Å². The van der Waals surface area contributed by atoms with Crippen molar-refractivity contribution >= 4 is 37.3 Å². The fourth-order valence-corrected chi connectivity index (χ4v) is 10.4. The molecule has 6 aromatic carbocycles. The van der Waals surface area contributed by atoms with Crippen LogP contribution >= 0.6 is 15.8 Å². The van der Waals surface area contributed by atoms with Gasteiger partial charge in [-0.3, -0.25) is 0 Å². The predicted octanol–water partition coefficient (Wildman–Crippen LogP) is 8.37. The summed E-state index contributed by atoms with van der Waals surface area (Å²) in [5, 5.41) is 15.4. The van der Waals surface area contributed by atoms with Gasteiger partial charge in [0.05, 0.1) is 6.61 Å². The first kappa shape index (κ1) is 44.5. The molecule has 0 N–H and O–H groups in total. The number of halogens is 4. The minimum absolute atomic E-state index is 0. The van der Waals surface area contributed by atoms with Crippen molar-refractivity contribution in [3.05, 3.63) is 210 Å². The van der Waals surface area contributed by atoms with Crippen molar-refractivity contribution < 1.29 is 56.5 Å². The topological polar surface area (TPSA) is 29.1 Å². The maximum atomic E-state index is 13.9. The van der Waals surface area contributed by atoms with E-state index in [1.807, 2.05) is 66.4 Å². The minimum atomic E-state index is -4.74. The maximum Gasteiger partial charge on any atom is 2.00 e. The monoisotopic (exact) mass is 868 g/mol. The van der Waals surface area contributed by atoms with E-state index in [1.54, 1.807) is 12.1 Å². The first-order chi connectivity index (χ1) is 25.3. The molecule has 0 saturated carbocycles. The van der Waals surface area contributed by atoms with Crippen LogP contribution in [0.25, 0.3) is 5.57 Å². The fraction of sp³-hybridized carbons (Fsp3) is 0.133. The average molecular weight is 870 g/mol. The SMILES string of the molecule is CCOC([O])=C=C(c1ccccc1CP(c1ccccc1)c1ccccc1)C(F)(F)F.[Br-].[Ni+2].c1ccc(CP(Cc2ccccc2)c2ccccc2)cc1. The molecule has 6 rings (SSSR count). The molecule has 0 aliphatic heterocycles. The van der Waals surface area contributed by atoms with Gasteiger partial charge in [-0.05, 0) is 71.1 Å². The fourth-order valence-electron chi connectivity index (χ4n) is 5.66. The number of alkyl halides is 3. The molecular weight excluding hydrogens is 830 g/mol. The van der Waals surface area contributed by atoms with Crippen LogP contribution < -0.4 is 32.9 Å². The smallest absolute Gasteiger partial charge is 1.00 e. The second-order valence-electron chi connectivity index (χ2n) is 11.8. The molecule has 0 aliphatic rings. The molecule has 0 unspecified atom stereocenters. The Bertz CT molecular complexity index is 1930. The molecule has 279 valence electrons. The van der Waals surface area contributed by atoms with Crippen LogP contribution in [-0.2, 0) is 44.8 Å². The Morgan fingerprint density at radius 1 is 0.574 bits per heavy atom. The van der Waals surface area contributed by atoms with Gasteiger partial charge in [0.2, 0.25) is 0 Å². The van der Waals surface area contributed by atoms with Gasteiger partial charge in [0.15, 0.2) is 0 Å². The van der Waals surface area contributed by atoms with Gasteiger partial charge in [-0.1, -0.05) is 184 Å². The van der Waals surface area contributed by atoms with Gasteiger partial charge in [0, 0.05) is 6.16 Å². The Kier molecular flexibility index (Phi) is 19.0. The van der Waals surface area contributed by atoms with Crippen LogP contribution in [0, 0.1) is 0 Å². The van der Waals surface area contributed by atoms with E-state index < -0.39 is 25.6 Å². The van der Waals surface area contributed by atoms with E-state index in [4.69, 9.17) is 0 Å². The van der Waals surface area contributed by atoms with Crippen molar-refractivity contribution in [1.29, 1.82) is 0 Å². The molecule has 0 fully saturated rings. The number of benzene rings is 6. The molecule has 0 amide bonds. The second kappa shape index (κ2) is 23.1. The standard InChI is InChI=1S/C25H21F3O2P.C20H19P.BrH.Ni/c1-2-30-24(29)17-23(25(26,27)28)22-16-10-9-11-19(22)18-31(20-12-5-3-6-13-20)21-14-7-4-8-15-21;1-4-10-18(11-5-1)16-21(20-14-8-3-9-15-20)17-19-12-6-2-7-13-19;;/h3-16H,2,18H2,1H3;1-15H,16-17H2;1H;/q;;;+2/p-1. The summed E-state index contributed by atoms with van der Waals surface area (Å²) in [5.74, 6) is -1.13. The third-order valence-corrected chi connectivity index (χ3v) is 13.1. The molecule has 0 spiro atoms. The molecule has 0 heterocycles. The average Bonchev–Trinajstić information content (AvgIpc) is 3.18. The first-order valence-corrected chi connectivity index (χ1v) is 20.3. The third-order valence-electron chi connectivity index (χ3n) is 8.09. The van der Waals surface area contributed by atoms with Crippen molar-refractivity contribution in [2.75, 3.05) is 6.61 Å². The summed E-state index contributed by atoms with van der Waals surface area (Å²) in [7, 11) is -1.16. The van der Waals surface area contributed by atoms with Crippen LogP contribution in [0.3, 0.4) is 0 Å².